The standard InChI is InChI=1S/C7H17N.C2H6/c1-5-7(3)8(4)6-2;1-2/h7H,5-6H2,1-4H3;1-2H3. The fourth-order valence-electron chi connectivity index (χ4n) is 0.623. The Labute approximate surface area is 66.4 Å². The minimum Gasteiger partial charge on any atom is -0.304 e. The van der Waals surface area contributed by atoms with Crippen LogP contribution in [0.4, 0.5) is 0 Å². The van der Waals surface area contributed by atoms with E-state index >= 15 is 0 Å². The van der Waals surface area contributed by atoms with Crippen LogP contribution in [0.2, 0.25) is 0 Å². The minimum absolute atomic E-state index is 0.750. The van der Waals surface area contributed by atoms with Crippen LogP contribution in [0.1, 0.15) is 41.0 Å². The van der Waals surface area contributed by atoms with Gasteiger partial charge in [-0.25, -0.2) is 0 Å². The summed E-state index contributed by atoms with van der Waals surface area (Å²) in [6, 6.07) is 0.750. The van der Waals surface area contributed by atoms with Gasteiger partial charge >= 0.3 is 0 Å². The molecule has 0 heterocycles. The van der Waals surface area contributed by atoms with E-state index in [1.165, 1.54) is 6.42 Å². The van der Waals surface area contributed by atoms with Crippen molar-refractivity contribution < 1.29 is 0 Å². The molecule has 0 radical (unpaired) electrons. The largest absolute Gasteiger partial charge is 0.304 e. The van der Waals surface area contributed by atoms with Gasteiger partial charge in [0.05, 0.1) is 0 Å². The average molecular weight is 145 g/mol. The molecule has 0 fully saturated rings. The second-order valence-electron chi connectivity index (χ2n) is 2.33. The topological polar surface area (TPSA) is 3.24 Å². The first kappa shape index (κ1) is 12.6. The maximum absolute atomic E-state index is 2.35. The van der Waals surface area contributed by atoms with E-state index in [2.05, 4.69) is 32.7 Å². The molecule has 0 aromatic heterocycles. The van der Waals surface area contributed by atoms with Crippen LogP contribution in [0.3, 0.4) is 0 Å². The second-order valence-corrected chi connectivity index (χ2v) is 2.33. The van der Waals surface area contributed by atoms with E-state index in [1.54, 1.807) is 0 Å². The zero-order chi connectivity index (χ0) is 8.57. The molecule has 0 aliphatic carbocycles. The predicted molar refractivity (Wildman–Crippen MR) is 49.4 cm³/mol. The van der Waals surface area contributed by atoms with Gasteiger partial charge in [-0.05, 0) is 26.9 Å². The van der Waals surface area contributed by atoms with Gasteiger partial charge in [-0.3, -0.25) is 0 Å². The molecular formula is C9H23N. The van der Waals surface area contributed by atoms with Gasteiger partial charge in [0.15, 0.2) is 0 Å². The fraction of sp³-hybridized carbons (Fsp3) is 1.00. The molecule has 0 aliphatic heterocycles. The average Bonchev–Trinajstić information content (AvgIpc) is 2.05. The van der Waals surface area contributed by atoms with Crippen molar-refractivity contribution in [1.82, 2.24) is 4.90 Å². The van der Waals surface area contributed by atoms with Crippen molar-refractivity contribution >= 4 is 0 Å². The Morgan fingerprint density at radius 2 is 1.60 bits per heavy atom. The lowest BCUT2D eigenvalue weighted by atomic mass is 10.2. The van der Waals surface area contributed by atoms with E-state index in [4.69, 9.17) is 0 Å². The van der Waals surface area contributed by atoms with Crippen molar-refractivity contribution in [2.45, 2.75) is 47.1 Å². The van der Waals surface area contributed by atoms with Crippen molar-refractivity contribution in [3.05, 3.63) is 0 Å². The molecule has 64 valence electrons. The highest BCUT2D eigenvalue weighted by molar-refractivity contribution is 4.56. The summed E-state index contributed by atoms with van der Waals surface area (Å²) in [5.74, 6) is 0. The number of rotatable bonds is 3. The highest BCUT2D eigenvalue weighted by atomic mass is 15.1. The molecule has 0 saturated heterocycles. The maximum atomic E-state index is 2.35. The number of nitrogens with zero attached hydrogens (tertiary/aromatic N) is 1. The van der Waals surface area contributed by atoms with Crippen molar-refractivity contribution in [2.75, 3.05) is 13.6 Å². The van der Waals surface area contributed by atoms with Crippen LogP contribution in [0.25, 0.3) is 0 Å². The van der Waals surface area contributed by atoms with Gasteiger partial charge in [-0.1, -0.05) is 27.7 Å². The van der Waals surface area contributed by atoms with E-state index in [1.807, 2.05) is 13.8 Å². The Morgan fingerprint density at radius 3 is 1.70 bits per heavy atom. The van der Waals surface area contributed by atoms with E-state index < -0.39 is 0 Å². The molecule has 1 heteroatoms. The molecule has 0 spiro atoms. The minimum atomic E-state index is 0.750. The first-order valence-electron chi connectivity index (χ1n) is 4.42. The molecule has 0 N–H and O–H groups in total. The van der Waals surface area contributed by atoms with Crippen LogP contribution < -0.4 is 0 Å². The van der Waals surface area contributed by atoms with Crippen LogP contribution in [0.15, 0.2) is 0 Å². The molecule has 0 aromatic rings. The van der Waals surface area contributed by atoms with Crippen LogP contribution in [0, 0.1) is 0 Å². The number of hydrogen-bond donors (Lipinski definition) is 0. The fourth-order valence-corrected chi connectivity index (χ4v) is 0.623. The quantitative estimate of drug-likeness (QED) is 0.590. The molecule has 0 amide bonds. The van der Waals surface area contributed by atoms with E-state index in [0.717, 1.165) is 12.6 Å². The third kappa shape index (κ3) is 6.09. The van der Waals surface area contributed by atoms with Gasteiger partial charge in [0.25, 0.3) is 0 Å². The van der Waals surface area contributed by atoms with Crippen molar-refractivity contribution in [1.29, 1.82) is 0 Å². The summed E-state index contributed by atoms with van der Waals surface area (Å²) in [5.41, 5.74) is 0. The summed E-state index contributed by atoms with van der Waals surface area (Å²) in [6.07, 6.45) is 1.25. The molecule has 0 aliphatic rings. The maximum Gasteiger partial charge on any atom is 0.00611 e. The van der Waals surface area contributed by atoms with Crippen molar-refractivity contribution in [2.24, 2.45) is 0 Å². The molecule has 0 bridgehead atoms. The van der Waals surface area contributed by atoms with E-state index in [9.17, 15) is 0 Å². The Hall–Kier alpha value is -0.0400. The molecule has 0 aromatic carbocycles. The zero-order valence-electron chi connectivity index (χ0n) is 8.44. The van der Waals surface area contributed by atoms with Gasteiger partial charge < -0.3 is 4.90 Å². The Morgan fingerprint density at radius 1 is 1.20 bits per heavy atom. The van der Waals surface area contributed by atoms with Crippen molar-refractivity contribution in [3.8, 4) is 0 Å². The molecular weight excluding hydrogens is 122 g/mol. The first-order chi connectivity index (χ1) is 4.72. The first-order valence-corrected chi connectivity index (χ1v) is 4.42. The van der Waals surface area contributed by atoms with Crippen LogP contribution in [-0.2, 0) is 0 Å². The van der Waals surface area contributed by atoms with Gasteiger partial charge in [-0.15, -0.1) is 0 Å². The SMILES string of the molecule is CC.CCC(C)N(C)CC. The summed E-state index contributed by atoms with van der Waals surface area (Å²) in [7, 11) is 2.16. The van der Waals surface area contributed by atoms with Crippen LogP contribution >= 0.6 is 0 Å². The Bertz CT molecular complexity index is 44.7. The summed E-state index contributed by atoms with van der Waals surface area (Å²) in [4.78, 5) is 2.35. The van der Waals surface area contributed by atoms with Gasteiger partial charge in [0, 0.05) is 6.04 Å². The van der Waals surface area contributed by atoms with E-state index in [0.29, 0.717) is 0 Å². The van der Waals surface area contributed by atoms with Gasteiger partial charge in [0.2, 0.25) is 0 Å². The molecule has 1 atom stereocenters. The van der Waals surface area contributed by atoms with Crippen LogP contribution in [-0.4, -0.2) is 24.5 Å². The zero-order valence-corrected chi connectivity index (χ0v) is 8.44. The molecule has 1 unspecified atom stereocenters. The van der Waals surface area contributed by atoms with Crippen molar-refractivity contribution in [3.63, 3.8) is 0 Å². The molecule has 0 saturated carbocycles. The molecule has 0 rings (SSSR count). The highest BCUT2D eigenvalue weighted by Crippen LogP contribution is 1.97. The summed E-state index contributed by atoms with van der Waals surface area (Å²) in [6.45, 7) is 11.8. The predicted octanol–water partition coefficient (Wildman–Crippen LogP) is 2.76. The summed E-state index contributed by atoms with van der Waals surface area (Å²) < 4.78 is 0. The monoisotopic (exact) mass is 145 g/mol. The summed E-state index contributed by atoms with van der Waals surface area (Å²) >= 11 is 0. The lowest BCUT2D eigenvalue weighted by Gasteiger charge is -2.20. The Kier molecular flexibility index (Phi) is 11.3. The molecule has 1 nitrogen and oxygen atoms in total. The van der Waals surface area contributed by atoms with Gasteiger partial charge in [0.1, 0.15) is 0 Å². The summed E-state index contributed by atoms with van der Waals surface area (Å²) in [5, 5.41) is 0. The Balaban J connectivity index is 0. The lowest BCUT2D eigenvalue weighted by Crippen LogP contribution is -2.27. The van der Waals surface area contributed by atoms with Crippen LogP contribution in [0.5, 0.6) is 0 Å². The third-order valence-corrected chi connectivity index (χ3v) is 1.84. The van der Waals surface area contributed by atoms with E-state index in [-0.39, 0.29) is 0 Å². The smallest absolute Gasteiger partial charge is 0.00611 e. The second kappa shape index (κ2) is 8.96. The molecule has 10 heavy (non-hydrogen) atoms. The van der Waals surface area contributed by atoms with Gasteiger partial charge in [-0.2, -0.15) is 0 Å². The normalized spacial score (nSPS) is 12.3. The lowest BCUT2D eigenvalue weighted by molar-refractivity contribution is 0.265. The highest BCUT2D eigenvalue weighted by Gasteiger charge is 2.01. The third-order valence-electron chi connectivity index (χ3n) is 1.84. The number of hydrogen-bond acceptors (Lipinski definition) is 1.